The van der Waals surface area contributed by atoms with E-state index in [0.29, 0.717) is 16.9 Å². The number of aromatic nitrogens is 3. The number of aryl methyl sites for hydroxylation is 1. The van der Waals surface area contributed by atoms with Gasteiger partial charge in [0.05, 0.1) is 11.1 Å². The lowest BCUT2D eigenvalue weighted by atomic mass is 10.2. The molecular weight excluding hydrogens is 233 g/mol. The quantitative estimate of drug-likeness (QED) is 0.689. The third kappa shape index (κ3) is 1.60. The summed E-state index contributed by atoms with van der Waals surface area (Å²) >= 11 is 0. The lowest BCUT2D eigenvalue weighted by molar-refractivity contribution is 0.637. The zero-order chi connectivity index (χ0) is 12.7. The number of aromatic amines is 2. The molecule has 0 spiro atoms. The smallest absolute Gasteiger partial charge is 0.192 e. The molecule has 0 aliphatic carbocycles. The van der Waals surface area contributed by atoms with Crippen molar-refractivity contribution < 1.29 is 4.39 Å². The number of nitrogens with one attached hydrogen (secondary N) is 2. The number of rotatable bonds is 1. The molecule has 0 saturated heterocycles. The Balaban J connectivity index is 2.26. The third-order valence-electron chi connectivity index (χ3n) is 2.78. The lowest BCUT2D eigenvalue weighted by Crippen LogP contribution is -2.05. The highest BCUT2D eigenvalue weighted by Gasteiger charge is 2.11. The van der Waals surface area contributed by atoms with Crippen LogP contribution in [0.2, 0.25) is 0 Å². The Morgan fingerprint density at radius 1 is 1.33 bits per heavy atom. The van der Waals surface area contributed by atoms with Crippen molar-refractivity contribution in [3.63, 3.8) is 0 Å². The summed E-state index contributed by atoms with van der Waals surface area (Å²) < 4.78 is 13.5. The first-order chi connectivity index (χ1) is 8.65. The van der Waals surface area contributed by atoms with E-state index in [1.54, 1.807) is 25.3 Å². The molecule has 0 atom stereocenters. The average Bonchev–Trinajstić information content (AvgIpc) is 2.74. The first-order valence-electron chi connectivity index (χ1n) is 5.49. The summed E-state index contributed by atoms with van der Waals surface area (Å²) in [5, 5.41) is 0. The molecule has 0 unspecified atom stereocenters. The Labute approximate surface area is 102 Å². The Kier molecular flexibility index (Phi) is 2.26. The number of halogens is 1. The minimum Gasteiger partial charge on any atom is -0.364 e. The van der Waals surface area contributed by atoms with Gasteiger partial charge in [-0.3, -0.25) is 4.79 Å². The van der Waals surface area contributed by atoms with Crippen molar-refractivity contribution in [3.8, 4) is 11.4 Å². The van der Waals surface area contributed by atoms with Crippen LogP contribution < -0.4 is 5.43 Å². The SMILES string of the molecule is Cc1cc(=O)c(-c2nc3c(F)cccc3[nH]2)c[nH]1. The molecule has 0 amide bonds. The summed E-state index contributed by atoms with van der Waals surface area (Å²) in [6, 6.07) is 6.14. The van der Waals surface area contributed by atoms with E-state index in [-0.39, 0.29) is 10.9 Å². The minimum atomic E-state index is -0.404. The van der Waals surface area contributed by atoms with E-state index in [9.17, 15) is 9.18 Å². The van der Waals surface area contributed by atoms with Gasteiger partial charge in [0.15, 0.2) is 11.2 Å². The topological polar surface area (TPSA) is 61.5 Å². The number of para-hydroxylation sites is 1. The van der Waals surface area contributed by atoms with Crippen LogP contribution in [0.15, 0.2) is 35.3 Å². The highest BCUT2D eigenvalue weighted by molar-refractivity contribution is 5.79. The number of imidazole rings is 1. The molecule has 0 saturated carbocycles. The zero-order valence-electron chi connectivity index (χ0n) is 9.62. The highest BCUT2D eigenvalue weighted by Crippen LogP contribution is 2.19. The van der Waals surface area contributed by atoms with Crippen molar-refractivity contribution in [1.82, 2.24) is 15.0 Å². The molecule has 1 aromatic carbocycles. The largest absolute Gasteiger partial charge is 0.364 e. The van der Waals surface area contributed by atoms with Gasteiger partial charge < -0.3 is 9.97 Å². The molecule has 0 bridgehead atoms. The van der Waals surface area contributed by atoms with Gasteiger partial charge in [-0.2, -0.15) is 0 Å². The Morgan fingerprint density at radius 3 is 2.89 bits per heavy atom. The molecule has 2 aromatic heterocycles. The first kappa shape index (κ1) is 10.7. The van der Waals surface area contributed by atoms with Crippen molar-refractivity contribution in [3.05, 3.63) is 52.2 Å². The highest BCUT2D eigenvalue weighted by atomic mass is 19.1. The van der Waals surface area contributed by atoms with E-state index in [1.807, 2.05) is 0 Å². The molecular formula is C13H10FN3O. The molecule has 3 aromatic rings. The second-order valence-corrected chi connectivity index (χ2v) is 4.12. The summed E-state index contributed by atoms with van der Waals surface area (Å²) in [5.74, 6) is -0.0325. The number of H-pyrrole nitrogens is 2. The van der Waals surface area contributed by atoms with E-state index in [4.69, 9.17) is 0 Å². The molecule has 0 aliphatic heterocycles. The van der Waals surface area contributed by atoms with E-state index >= 15 is 0 Å². The third-order valence-corrected chi connectivity index (χ3v) is 2.78. The van der Waals surface area contributed by atoms with Crippen LogP contribution in [0.5, 0.6) is 0 Å². The molecule has 4 nitrogen and oxygen atoms in total. The van der Waals surface area contributed by atoms with Gasteiger partial charge in [-0.15, -0.1) is 0 Å². The van der Waals surface area contributed by atoms with Gasteiger partial charge in [-0.25, -0.2) is 9.37 Å². The predicted molar refractivity (Wildman–Crippen MR) is 66.8 cm³/mol. The maximum Gasteiger partial charge on any atom is 0.192 e. The molecule has 0 radical (unpaired) electrons. The monoisotopic (exact) mass is 243 g/mol. The van der Waals surface area contributed by atoms with Gasteiger partial charge in [-0.05, 0) is 19.1 Å². The van der Waals surface area contributed by atoms with E-state index in [0.717, 1.165) is 5.69 Å². The van der Waals surface area contributed by atoms with Crippen LogP contribution in [0.1, 0.15) is 5.69 Å². The molecule has 2 heterocycles. The predicted octanol–water partition coefficient (Wildman–Crippen LogP) is 2.37. The molecule has 3 rings (SSSR count). The molecule has 90 valence electrons. The van der Waals surface area contributed by atoms with Gasteiger partial charge in [0.25, 0.3) is 0 Å². The summed E-state index contributed by atoms with van der Waals surface area (Å²) in [4.78, 5) is 21.8. The van der Waals surface area contributed by atoms with E-state index in [2.05, 4.69) is 15.0 Å². The fraction of sp³-hybridized carbons (Fsp3) is 0.0769. The van der Waals surface area contributed by atoms with Crippen LogP contribution in [0.25, 0.3) is 22.4 Å². The van der Waals surface area contributed by atoms with Crippen LogP contribution in [0, 0.1) is 12.7 Å². The summed E-state index contributed by atoms with van der Waals surface area (Å²) in [7, 11) is 0. The number of pyridine rings is 1. The molecule has 5 heteroatoms. The molecule has 18 heavy (non-hydrogen) atoms. The van der Waals surface area contributed by atoms with Gasteiger partial charge in [0.1, 0.15) is 11.3 Å². The normalized spacial score (nSPS) is 11.0. The lowest BCUT2D eigenvalue weighted by Gasteiger charge is -1.96. The van der Waals surface area contributed by atoms with Crippen LogP contribution >= 0.6 is 0 Å². The molecule has 2 N–H and O–H groups in total. The second-order valence-electron chi connectivity index (χ2n) is 4.12. The molecule has 0 fully saturated rings. The van der Waals surface area contributed by atoms with Crippen molar-refractivity contribution >= 4 is 11.0 Å². The first-order valence-corrected chi connectivity index (χ1v) is 5.49. The Bertz CT molecular complexity index is 788. The summed E-state index contributed by atoms with van der Waals surface area (Å²) in [6.07, 6.45) is 1.58. The standard InChI is InChI=1S/C13H10FN3O/c1-7-5-11(18)8(6-15-7)13-16-10-4-2-3-9(14)12(10)17-13/h2-6H,1H3,(H,15,18)(H,16,17). The molecule has 0 aliphatic rings. The maximum absolute atomic E-state index is 13.5. The fourth-order valence-corrected chi connectivity index (χ4v) is 1.88. The Hall–Kier alpha value is -2.43. The van der Waals surface area contributed by atoms with E-state index < -0.39 is 5.82 Å². The second kappa shape index (κ2) is 3.80. The van der Waals surface area contributed by atoms with Gasteiger partial charge >= 0.3 is 0 Å². The van der Waals surface area contributed by atoms with Gasteiger partial charge in [0, 0.05) is 18.0 Å². The van der Waals surface area contributed by atoms with Crippen LogP contribution in [0.4, 0.5) is 4.39 Å². The maximum atomic E-state index is 13.5. The average molecular weight is 243 g/mol. The van der Waals surface area contributed by atoms with Crippen LogP contribution in [0.3, 0.4) is 0 Å². The van der Waals surface area contributed by atoms with Gasteiger partial charge in [0.2, 0.25) is 0 Å². The number of fused-ring (bicyclic) bond motifs is 1. The van der Waals surface area contributed by atoms with Crippen molar-refractivity contribution in [2.75, 3.05) is 0 Å². The summed E-state index contributed by atoms with van der Waals surface area (Å²) in [5.41, 5.74) is 1.84. The number of hydrogen-bond acceptors (Lipinski definition) is 2. The van der Waals surface area contributed by atoms with E-state index in [1.165, 1.54) is 12.1 Å². The number of hydrogen-bond donors (Lipinski definition) is 2. The zero-order valence-corrected chi connectivity index (χ0v) is 9.62. The summed E-state index contributed by atoms with van der Waals surface area (Å²) in [6.45, 7) is 1.80. The van der Waals surface area contributed by atoms with Crippen molar-refractivity contribution in [1.29, 1.82) is 0 Å². The number of nitrogens with zero attached hydrogens (tertiary/aromatic N) is 1. The van der Waals surface area contributed by atoms with Crippen LogP contribution in [-0.4, -0.2) is 15.0 Å². The van der Waals surface area contributed by atoms with Gasteiger partial charge in [-0.1, -0.05) is 6.07 Å². The fourth-order valence-electron chi connectivity index (χ4n) is 1.88. The number of benzene rings is 1. The minimum absolute atomic E-state index is 0.147. The Morgan fingerprint density at radius 2 is 2.17 bits per heavy atom. The van der Waals surface area contributed by atoms with Crippen LogP contribution in [-0.2, 0) is 0 Å². The van der Waals surface area contributed by atoms with Crippen molar-refractivity contribution in [2.45, 2.75) is 6.92 Å². The van der Waals surface area contributed by atoms with Crippen molar-refractivity contribution in [2.24, 2.45) is 0 Å².